The predicted octanol–water partition coefficient (Wildman–Crippen LogP) is 2.69. The number of carbonyl (C=O) groups excluding carboxylic acids is 1. The van der Waals surface area contributed by atoms with E-state index in [1.807, 2.05) is 34.7 Å². The zero-order chi connectivity index (χ0) is 15.7. The molecule has 0 radical (unpaired) electrons. The second-order valence-electron chi connectivity index (χ2n) is 4.86. The average molecular weight is 316 g/mol. The molecule has 2 N–H and O–H groups in total. The van der Waals surface area contributed by atoms with E-state index in [0.29, 0.717) is 16.5 Å². The Balaban J connectivity index is 2.14. The van der Waals surface area contributed by atoms with Crippen LogP contribution < -0.4 is 10.5 Å². The van der Waals surface area contributed by atoms with Gasteiger partial charge in [0.15, 0.2) is 0 Å². The summed E-state index contributed by atoms with van der Waals surface area (Å²) in [5.41, 5.74) is 8.33. The number of hydrogen-bond donors (Lipinski definition) is 1. The smallest absolute Gasteiger partial charge is 0.223 e. The van der Waals surface area contributed by atoms with E-state index in [0.717, 1.165) is 16.9 Å². The normalized spacial score (nSPS) is 10.8. The second-order valence-corrected chi connectivity index (χ2v) is 5.27. The summed E-state index contributed by atoms with van der Waals surface area (Å²) in [6.07, 6.45) is 1.91. The van der Waals surface area contributed by atoms with Crippen molar-refractivity contribution in [2.75, 3.05) is 7.11 Å². The van der Waals surface area contributed by atoms with Gasteiger partial charge in [0.1, 0.15) is 11.4 Å². The number of benzene rings is 1. The zero-order valence-corrected chi connectivity index (χ0v) is 12.7. The number of pyridine rings is 1. The quantitative estimate of drug-likeness (QED) is 0.804. The highest BCUT2D eigenvalue weighted by Crippen LogP contribution is 2.31. The lowest BCUT2D eigenvalue weighted by Gasteiger charge is -2.09. The first-order valence-electron chi connectivity index (χ1n) is 6.67. The Labute approximate surface area is 132 Å². The molecule has 1 amide bonds. The molecule has 2 heterocycles. The third-order valence-electron chi connectivity index (χ3n) is 3.35. The van der Waals surface area contributed by atoms with E-state index in [4.69, 9.17) is 22.1 Å². The zero-order valence-electron chi connectivity index (χ0n) is 11.9. The number of imidazole rings is 1. The molecule has 0 saturated heterocycles. The largest absolute Gasteiger partial charge is 0.497 e. The maximum absolute atomic E-state index is 11.1. The maximum atomic E-state index is 11.1. The number of amides is 1. The fourth-order valence-corrected chi connectivity index (χ4v) is 2.64. The number of nitrogens with zero attached hydrogens (tertiary/aromatic N) is 2. The summed E-state index contributed by atoms with van der Waals surface area (Å²) in [6, 6.07) is 11.2. The molecule has 0 aliphatic carbocycles. The summed E-state index contributed by atoms with van der Waals surface area (Å²) >= 11 is 6.35. The molecular weight excluding hydrogens is 302 g/mol. The van der Waals surface area contributed by atoms with E-state index in [2.05, 4.69) is 4.98 Å². The molecule has 3 rings (SSSR count). The van der Waals surface area contributed by atoms with E-state index >= 15 is 0 Å². The van der Waals surface area contributed by atoms with Crippen molar-refractivity contribution in [3.63, 3.8) is 0 Å². The standard InChI is InChI=1S/C16H14ClN3O2/c1-22-11-5-6-12(13(17)8-11)14-3-2-4-16-19-10(7-15(18)21)9-20(14)16/h2-6,8-9H,7H2,1H3,(H2,18,21). The fraction of sp³-hybridized carbons (Fsp3) is 0.125. The highest BCUT2D eigenvalue weighted by molar-refractivity contribution is 6.33. The number of hydrogen-bond acceptors (Lipinski definition) is 3. The van der Waals surface area contributed by atoms with Crippen LogP contribution in [-0.2, 0) is 11.2 Å². The van der Waals surface area contributed by atoms with Gasteiger partial charge < -0.3 is 10.5 Å². The van der Waals surface area contributed by atoms with E-state index < -0.39 is 5.91 Å². The Morgan fingerprint density at radius 3 is 2.86 bits per heavy atom. The molecular formula is C16H14ClN3O2. The fourth-order valence-electron chi connectivity index (χ4n) is 2.37. The molecule has 0 saturated carbocycles. The topological polar surface area (TPSA) is 69.6 Å². The summed E-state index contributed by atoms with van der Waals surface area (Å²) in [7, 11) is 1.60. The third-order valence-corrected chi connectivity index (χ3v) is 3.66. The van der Waals surface area contributed by atoms with Crippen LogP contribution in [0.15, 0.2) is 42.6 Å². The molecule has 0 aliphatic rings. The molecule has 0 aliphatic heterocycles. The molecule has 0 atom stereocenters. The average Bonchev–Trinajstić information content (AvgIpc) is 2.88. The third kappa shape index (κ3) is 2.63. The van der Waals surface area contributed by atoms with Crippen LogP contribution in [0.3, 0.4) is 0 Å². The van der Waals surface area contributed by atoms with Crippen LogP contribution in [0.5, 0.6) is 5.75 Å². The van der Waals surface area contributed by atoms with Crippen LogP contribution in [0.1, 0.15) is 5.69 Å². The molecule has 22 heavy (non-hydrogen) atoms. The molecule has 0 bridgehead atoms. The number of methoxy groups -OCH3 is 1. The molecule has 3 aromatic rings. The van der Waals surface area contributed by atoms with Gasteiger partial charge in [-0.05, 0) is 30.3 Å². The van der Waals surface area contributed by atoms with Crippen LogP contribution in [0.2, 0.25) is 5.02 Å². The molecule has 5 nitrogen and oxygen atoms in total. The molecule has 0 spiro atoms. The summed E-state index contributed by atoms with van der Waals surface area (Å²) < 4.78 is 7.06. The molecule has 0 fully saturated rings. The van der Waals surface area contributed by atoms with Gasteiger partial charge in [-0.1, -0.05) is 17.7 Å². The van der Waals surface area contributed by atoms with Gasteiger partial charge in [-0.15, -0.1) is 0 Å². The van der Waals surface area contributed by atoms with Crippen molar-refractivity contribution in [3.05, 3.63) is 53.3 Å². The Morgan fingerprint density at radius 2 is 2.18 bits per heavy atom. The molecule has 2 aromatic heterocycles. The number of nitrogens with two attached hydrogens (primary N) is 1. The molecule has 6 heteroatoms. The van der Waals surface area contributed by atoms with Gasteiger partial charge in [-0.3, -0.25) is 9.20 Å². The van der Waals surface area contributed by atoms with Crippen LogP contribution in [0.4, 0.5) is 0 Å². The van der Waals surface area contributed by atoms with Crippen molar-refractivity contribution >= 4 is 23.2 Å². The van der Waals surface area contributed by atoms with Crippen molar-refractivity contribution in [1.29, 1.82) is 0 Å². The number of fused-ring (bicyclic) bond motifs is 1. The SMILES string of the molecule is COc1ccc(-c2cccc3nc(CC(N)=O)cn23)c(Cl)c1. The Morgan fingerprint density at radius 1 is 1.36 bits per heavy atom. The second kappa shape index (κ2) is 5.69. The highest BCUT2D eigenvalue weighted by atomic mass is 35.5. The first kappa shape index (κ1) is 14.4. The van der Waals surface area contributed by atoms with E-state index in [1.54, 1.807) is 19.4 Å². The maximum Gasteiger partial charge on any atom is 0.223 e. The Bertz CT molecular complexity index is 858. The highest BCUT2D eigenvalue weighted by Gasteiger charge is 2.11. The van der Waals surface area contributed by atoms with Crippen LogP contribution in [0.25, 0.3) is 16.9 Å². The monoisotopic (exact) mass is 315 g/mol. The number of carbonyl (C=O) groups is 1. The van der Waals surface area contributed by atoms with E-state index in [9.17, 15) is 4.79 Å². The summed E-state index contributed by atoms with van der Waals surface area (Å²) in [5, 5.41) is 0.581. The predicted molar refractivity (Wildman–Crippen MR) is 85.1 cm³/mol. The number of halogens is 1. The van der Waals surface area contributed by atoms with Gasteiger partial charge >= 0.3 is 0 Å². The van der Waals surface area contributed by atoms with Gasteiger partial charge in [-0.25, -0.2) is 4.98 Å². The first-order valence-corrected chi connectivity index (χ1v) is 7.05. The van der Waals surface area contributed by atoms with Crippen molar-refractivity contribution in [2.45, 2.75) is 6.42 Å². The lowest BCUT2D eigenvalue weighted by Crippen LogP contribution is -2.13. The molecule has 112 valence electrons. The van der Waals surface area contributed by atoms with Crippen molar-refractivity contribution in [3.8, 4) is 17.0 Å². The summed E-state index contributed by atoms with van der Waals surface area (Å²) in [6.45, 7) is 0. The summed E-state index contributed by atoms with van der Waals surface area (Å²) in [5.74, 6) is 0.286. The lowest BCUT2D eigenvalue weighted by molar-refractivity contribution is -0.117. The van der Waals surface area contributed by atoms with Gasteiger partial charge in [0.05, 0.1) is 29.9 Å². The number of ether oxygens (including phenoxy) is 1. The number of rotatable bonds is 4. The summed E-state index contributed by atoms with van der Waals surface area (Å²) in [4.78, 5) is 15.5. The van der Waals surface area contributed by atoms with Crippen molar-refractivity contribution in [1.82, 2.24) is 9.38 Å². The Kier molecular flexibility index (Phi) is 3.73. The number of aromatic nitrogens is 2. The minimum atomic E-state index is -0.410. The van der Waals surface area contributed by atoms with Crippen LogP contribution >= 0.6 is 11.6 Å². The van der Waals surface area contributed by atoms with Crippen LogP contribution in [-0.4, -0.2) is 22.4 Å². The van der Waals surface area contributed by atoms with Gasteiger partial charge in [0.2, 0.25) is 5.91 Å². The minimum Gasteiger partial charge on any atom is -0.497 e. The molecule has 1 aromatic carbocycles. The first-order chi connectivity index (χ1) is 10.6. The van der Waals surface area contributed by atoms with Gasteiger partial charge in [0, 0.05) is 11.8 Å². The van der Waals surface area contributed by atoms with Crippen molar-refractivity contribution < 1.29 is 9.53 Å². The Hall–Kier alpha value is -2.53. The number of primary amides is 1. The van der Waals surface area contributed by atoms with Gasteiger partial charge in [-0.2, -0.15) is 0 Å². The molecule has 0 unspecified atom stereocenters. The van der Waals surface area contributed by atoms with E-state index in [1.165, 1.54) is 0 Å². The van der Waals surface area contributed by atoms with Gasteiger partial charge in [0.25, 0.3) is 0 Å². The van der Waals surface area contributed by atoms with Crippen LogP contribution in [0, 0.1) is 0 Å². The lowest BCUT2D eigenvalue weighted by atomic mass is 10.1. The minimum absolute atomic E-state index is 0.109. The van der Waals surface area contributed by atoms with E-state index in [-0.39, 0.29) is 6.42 Å². The van der Waals surface area contributed by atoms with Crippen molar-refractivity contribution in [2.24, 2.45) is 5.73 Å².